The van der Waals surface area contributed by atoms with Crippen LogP contribution < -0.4 is 14.4 Å². The molecule has 4 heterocycles. The standard InChI is InChI=1S/C34H43N3O6S/c1-4-42-31-19-37(13-9-27(31)33(38)39)34-35-29(21-44-34)26-7-5-6-22(2)32(26)43-20-23-16-24-8-12-36(25-10-14-41-15-11-25)18-28(24)30(17-23)40-3/h5-7,16-17,21,25,27,31H,4,8-15,18-20H2,1-3H3,(H,38,39)/t27-,31+/m0/s1. The minimum absolute atomic E-state index is 0.352. The van der Waals surface area contributed by atoms with Crippen molar-refractivity contribution in [2.24, 2.45) is 5.92 Å². The first-order chi connectivity index (χ1) is 21.4. The molecule has 0 aliphatic carbocycles. The van der Waals surface area contributed by atoms with Crippen molar-refractivity contribution in [1.29, 1.82) is 0 Å². The maximum Gasteiger partial charge on any atom is 0.309 e. The molecule has 236 valence electrons. The number of ether oxygens (including phenoxy) is 4. The monoisotopic (exact) mass is 621 g/mol. The van der Waals surface area contributed by atoms with Gasteiger partial charge in [-0.3, -0.25) is 9.69 Å². The third kappa shape index (κ3) is 6.59. The van der Waals surface area contributed by atoms with Gasteiger partial charge < -0.3 is 29.0 Å². The molecule has 2 fully saturated rings. The normalized spacial score (nSPS) is 21.2. The van der Waals surface area contributed by atoms with Crippen LogP contribution in [0.3, 0.4) is 0 Å². The third-order valence-electron chi connectivity index (χ3n) is 9.21. The number of aryl methyl sites for hydroxylation is 1. The zero-order valence-corrected chi connectivity index (χ0v) is 26.7. The van der Waals surface area contributed by atoms with Gasteiger partial charge in [-0.1, -0.05) is 18.2 Å². The first-order valence-corrected chi connectivity index (χ1v) is 16.6. The maximum absolute atomic E-state index is 11.7. The number of aliphatic carboxylic acids is 1. The molecular formula is C34H43N3O6S. The Morgan fingerprint density at radius 1 is 1.18 bits per heavy atom. The van der Waals surface area contributed by atoms with Crippen molar-refractivity contribution < 1.29 is 28.8 Å². The molecule has 0 amide bonds. The molecule has 0 saturated carbocycles. The lowest BCUT2D eigenvalue weighted by Gasteiger charge is -2.38. The Morgan fingerprint density at radius 3 is 2.80 bits per heavy atom. The van der Waals surface area contributed by atoms with Crippen LogP contribution in [0.4, 0.5) is 5.13 Å². The molecule has 10 heteroatoms. The van der Waals surface area contributed by atoms with Crippen LogP contribution in [0, 0.1) is 12.8 Å². The van der Waals surface area contributed by atoms with Crippen molar-refractivity contribution in [3.63, 3.8) is 0 Å². The molecule has 0 radical (unpaired) electrons. The van der Waals surface area contributed by atoms with Crippen LogP contribution >= 0.6 is 11.3 Å². The summed E-state index contributed by atoms with van der Waals surface area (Å²) in [5, 5.41) is 12.6. The summed E-state index contributed by atoms with van der Waals surface area (Å²) >= 11 is 1.57. The number of carbonyl (C=O) groups is 1. The van der Waals surface area contributed by atoms with Crippen molar-refractivity contribution in [3.8, 4) is 22.8 Å². The number of carboxylic acid groups (broad SMARTS) is 1. The predicted molar refractivity (Wildman–Crippen MR) is 171 cm³/mol. The average molecular weight is 622 g/mol. The fourth-order valence-corrected chi connectivity index (χ4v) is 7.70. The number of thiazole rings is 1. The number of hydrogen-bond donors (Lipinski definition) is 1. The van der Waals surface area contributed by atoms with E-state index in [1.165, 1.54) is 11.1 Å². The number of rotatable bonds is 10. The number of methoxy groups -OCH3 is 1. The maximum atomic E-state index is 11.7. The summed E-state index contributed by atoms with van der Waals surface area (Å²) in [6, 6.07) is 11.1. The van der Waals surface area contributed by atoms with E-state index >= 15 is 0 Å². The Bertz CT molecular complexity index is 1440. The molecule has 0 bridgehead atoms. The van der Waals surface area contributed by atoms with E-state index in [4.69, 9.17) is 23.9 Å². The van der Waals surface area contributed by atoms with E-state index in [0.29, 0.717) is 38.8 Å². The zero-order chi connectivity index (χ0) is 30.6. The number of anilines is 1. The number of para-hydroxylation sites is 1. The molecule has 3 aliphatic heterocycles. The number of piperidine rings is 1. The van der Waals surface area contributed by atoms with Crippen LogP contribution in [0.2, 0.25) is 0 Å². The summed E-state index contributed by atoms with van der Waals surface area (Å²) in [4.78, 5) is 21.5. The van der Waals surface area contributed by atoms with Gasteiger partial charge in [0, 0.05) is 68.5 Å². The van der Waals surface area contributed by atoms with Gasteiger partial charge in [-0.05, 0) is 68.4 Å². The molecule has 1 N–H and O–H groups in total. The van der Waals surface area contributed by atoms with Gasteiger partial charge in [0.05, 0.1) is 24.8 Å². The van der Waals surface area contributed by atoms with Crippen molar-refractivity contribution >= 4 is 22.4 Å². The lowest BCUT2D eigenvalue weighted by molar-refractivity contribution is -0.148. The van der Waals surface area contributed by atoms with Gasteiger partial charge in [0.2, 0.25) is 0 Å². The second kappa shape index (κ2) is 13.9. The van der Waals surface area contributed by atoms with Gasteiger partial charge in [-0.15, -0.1) is 11.3 Å². The summed E-state index contributed by atoms with van der Waals surface area (Å²) in [5.74, 6) is 0.473. The molecule has 0 spiro atoms. The van der Waals surface area contributed by atoms with Gasteiger partial charge in [-0.25, -0.2) is 4.98 Å². The van der Waals surface area contributed by atoms with E-state index in [1.807, 2.05) is 13.0 Å². The van der Waals surface area contributed by atoms with Gasteiger partial charge >= 0.3 is 5.97 Å². The van der Waals surface area contributed by atoms with Crippen molar-refractivity contribution in [1.82, 2.24) is 9.88 Å². The van der Waals surface area contributed by atoms with E-state index in [-0.39, 0.29) is 6.10 Å². The van der Waals surface area contributed by atoms with E-state index in [1.54, 1.807) is 18.4 Å². The second-order valence-electron chi connectivity index (χ2n) is 11.9. The fraction of sp³-hybridized carbons (Fsp3) is 0.529. The van der Waals surface area contributed by atoms with Crippen LogP contribution in [-0.2, 0) is 33.8 Å². The number of fused-ring (bicyclic) bond motifs is 1. The van der Waals surface area contributed by atoms with Gasteiger partial charge in [0.25, 0.3) is 0 Å². The highest BCUT2D eigenvalue weighted by atomic mass is 32.1. The summed E-state index contributed by atoms with van der Waals surface area (Å²) in [5.41, 5.74) is 6.58. The smallest absolute Gasteiger partial charge is 0.309 e. The number of benzene rings is 2. The lowest BCUT2D eigenvalue weighted by Crippen LogP contribution is -2.48. The molecule has 2 saturated heterocycles. The third-order valence-corrected chi connectivity index (χ3v) is 10.1. The van der Waals surface area contributed by atoms with Crippen LogP contribution in [0.5, 0.6) is 11.5 Å². The fourth-order valence-electron chi connectivity index (χ4n) is 6.83. The summed E-state index contributed by atoms with van der Waals surface area (Å²) in [6.45, 7) is 9.71. The van der Waals surface area contributed by atoms with Crippen LogP contribution in [-0.4, -0.2) is 79.7 Å². The van der Waals surface area contributed by atoms with Crippen molar-refractivity contribution in [2.75, 3.05) is 51.5 Å². The Balaban J connectivity index is 1.17. The van der Waals surface area contributed by atoms with E-state index in [2.05, 4.69) is 46.4 Å². The number of aromatic nitrogens is 1. The molecule has 2 atom stereocenters. The van der Waals surface area contributed by atoms with Gasteiger partial charge in [0.15, 0.2) is 5.13 Å². The molecule has 2 aromatic carbocycles. The van der Waals surface area contributed by atoms with Crippen LogP contribution in [0.25, 0.3) is 11.3 Å². The number of nitrogens with zero attached hydrogens (tertiary/aromatic N) is 3. The van der Waals surface area contributed by atoms with Gasteiger partial charge in [0.1, 0.15) is 18.1 Å². The Kier molecular flexibility index (Phi) is 9.71. The average Bonchev–Trinajstić information content (AvgIpc) is 3.54. The first-order valence-electron chi connectivity index (χ1n) is 15.7. The highest BCUT2D eigenvalue weighted by Crippen LogP contribution is 2.38. The van der Waals surface area contributed by atoms with E-state index < -0.39 is 11.9 Å². The van der Waals surface area contributed by atoms with E-state index in [0.717, 1.165) is 84.6 Å². The zero-order valence-electron chi connectivity index (χ0n) is 25.9. The van der Waals surface area contributed by atoms with Crippen molar-refractivity contribution in [2.45, 2.75) is 64.8 Å². The first kappa shape index (κ1) is 30.8. The Labute approximate surface area is 263 Å². The van der Waals surface area contributed by atoms with Crippen LogP contribution in [0.1, 0.15) is 48.4 Å². The Hall–Kier alpha value is -3.18. The Morgan fingerprint density at radius 2 is 2.02 bits per heavy atom. The number of carboxylic acids is 1. The molecular weight excluding hydrogens is 578 g/mol. The van der Waals surface area contributed by atoms with E-state index in [9.17, 15) is 9.90 Å². The predicted octanol–water partition coefficient (Wildman–Crippen LogP) is 5.56. The summed E-state index contributed by atoms with van der Waals surface area (Å²) < 4.78 is 23.8. The largest absolute Gasteiger partial charge is 0.496 e. The lowest BCUT2D eigenvalue weighted by atomic mass is 9.94. The van der Waals surface area contributed by atoms with Crippen molar-refractivity contribution in [3.05, 3.63) is 58.0 Å². The molecule has 3 aromatic rings. The minimum Gasteiger partial charge on any atom is -0.496 e. The summed E-state index contributed by atoms with van der Waals surface area (Å²) in [6.07, 6.45) is 3.38. The second-order valence-corrected chi connectivity index (χ2v) is 12.8. The number of hydrogen-bond acceptors (Lipinski definition) is 9. The topological polar surface area (TPSA) is 93.6 Å². The molecule has 6 rings (SSSR count). The highest BCUT2D eigenvalue weighted by molar-refractivity contribution is 7.14. The highest BCUT2D eigenvalue weighted by Gasteiger charge is 2.36. The minimum atomic E-state index is -0.794. The SMILES string of the molecule is CCO[C@@H]1CN(c2nc(-c3cccc(C)c3OCc3cc4c(c(OC)c3)CN(C3CCOCC3)CC4)cs2)CC[C@@H]1C(=O)O. The summed E-state index contributed by atoms with van der Waals surface area (Å²) in [7, 11) is 1.76. The van der Waals surface area contributed by atoms with Gasteiger partial charge in [-0.2, -0.15) is 0 Å². The molecule has 1 aromatic heterocycles. The quantitative estimate of drug-likeness (QED) is 0.312. The molecule has 3 aliphatic rings. The molecule has 44 heavy (non-hydrogen) atoms. The van der Waals surface area contributed by atoms with Crippen LogP contribution in [0.15, 0.2) is 35.7 Å². The molecule has 9 nitrogen and oxygen atoms in total. The molecule has 0 unspecified atom stereocenters.